The van der Waals surface area contributed by atoms with E-state index in [0.29, 0.717) is 17.5 Å². The Hall–Kier alpha value is -5.65. The minimum atomic E-state index is 0.656. The molecule has 0 saturated heterocycles. The van der Waals surface area contributed by atoms with E-state index in [9.17, 15) is 0 Å². The fourth-order valence-corrected chi connectivity index (χ4v) is 7.40. The summed E-state index contributed by atoms with van der Waals surface area (Å²) in [5, 5.41) is 4.77. The second-order valence-electron chi connectivity index (χ2n) is 10.9. The maximum atomic E-state index is 5.16. The molecule has 3 heterocycles. The molecule has 5 heteroatoms. The van der Waals surface area contributed by atoms with Crippen LogP contribution in [-0.4, -0.2) is 19.5 Å². The molecule has 44 heavy (non-hydrogen) atoms. The Balaban J connectivity index is 1.30. The van der Waals surface area contributed by atoms with Gasteiger partial charge in [0, 0.05) is 53.3 Å². The van der Waals surface area contributed by atoms with Gasteiger partial charge in [0.1, 0.15) is 0 Å². The van der Waals surface area contributed by atoms with Gasteiger partial charge in [-0.15, -0.1) is 11.3 Å². The lowest BCUT2D eigenvalue weighted by atomic mass is 10.1. The molecular formula is C39H24N4S. The van der Waals surface area contributed by atoms with Crippen LogP contribution in [0.4, 0.5) is 0 Å². The highest BCUT2D eigenvalue weighted by Gasteiger charge is 2.18. The van der Waals surface area contributed by atoms with Crippen molar-refractivity contribution >= 4 is 53.3 Å². The van der Waals surface area contributed by atoms with Crippen LogP contribution in [0.2, 0.25) is 0 Å². The van der Waals surface area contributed by atoms with Crippen molar-refractivity contribution in [2.45, 2.75) is 0 Å². The van der Waals surface area contributed by atoms with Crippen molar-refractivity contribution in [1.82, 2.24) is 19.5 Å². The molecule has 0 amide bonds. The molecule has 4 nitrogen and oxygen atoms in total. The van der Waals surface area contributed by atoms with E-state index < -0.39 is 0 Å². The van der Waals surface area contributed by atoms with Crippen LogP contribution in [0.25, 0.3) is 81.8 Å². The van der Waals surface area contributed by atoms with E-state index in [1.165, 1.54) is 31.1 Å². The highest BCUT2D eigenvalue weighted by molar-refractivity contribution is 7.25. The topological polar surface area (TPSA) is 43.6 Å². The van der Waals surface area contributed by atoms with Gasteiger partial charge >= 0.3 is 0 Å². The van der Waals surface area contributed by atoms with E-state index in [-0.39, 0.29) is 0 Å². The van der Waals surface area contributed by atoms with Crippen LogP contribution >= 0.6 is 11.3 Å². The number of hydrogen-bond acceptors (Lipinski definition) is 4. The normalized spacial score (nSPS) is 11.6. The first kappa shape index (κ1) is 24.9. The zero-order valence-corrected chi connectivity index (χ0v) is 24.4. The third-order valence-corrected chi connectivity index (χ3v) is 9.39. The number of aromatic nitrogens is 4. The monoisotopic (exact) mass is 580 g/mol. The third-order valence-electron chi connectivity index (χ3n) is 8.26. The van der Waals surface area contributed by atoms with E-state index in [1.54, 1.807) is 11.3 Å². The summed E-state index contributed by atoms with van der Waals surface area (Å²) in [5.41, 5.74) is 6.38. The summed E-state index contributed by atoms with van der Waals surface area (Å²) in [4.78, 5) is 15.3. The zero-order valence-electron chi connectivity index (χ0n) is 23.6. The van der Waals surface area contributed by atoms with Crippen molar-refractivity contribution in [3.8, 4) is 39.9 Å². The second kappa shape index (κ2) is 9.97. The molecule has 0 bridgehead atoms. The van der Waals surface area contributed by atoms with E-state index in [1.807, 2.05) is 18.2 Å². The Kier molecular flexibility index (Phi) is 5.64. The van der Waals surface area contributed by atoms with Crippen LogP contribution < -0.4 is 0 Å². The second-order valence-corrected chi connectivity index (χ2v) is 12.0. The van der Waals surface area contributed by atoms with Crippen LogP contribution in [0.1, 0.15) is 0 Å². The first-order chi connectivity index (χ1) is 21.8. The summed E-state index contributed by atoms with van der Waals surface area (Å²) < 4.78 is 4.81. The van der Waals surface area contributed by atoms with Gasteiger partial charge in [-0.3, -0.25) is 0 Å². The third kappa shape index (κ3) is 3.94. The number of nitrogens with zero attached hydrogens (tertiary/aromatic N) is 4. The molecule has 0 fully saturated rings. The van der Waals surface area contributed by atoms with Gasteiger partial charge in [-0.1, -0.05) is 97.1 Å². The first-order valence-corrected chi connectivity index (χ1v) is 15.4. The average molecular weight is 581 g/mol. The predicted molar refractivity (Wildman–Crippen MR) is 183 cm³/mol. The molecule has 0 atom stereocenters. The summed E-state index contributed by atoms with van der Waals surface area (Å²) in [7, 11) is 0. The summed E-state index contributed by atoms with van der Waals surface area (Å²) in [6.07, 6.45) is 0. The molecule has 0 aliphatic carbocycles. The number of thiophene rings is 1. The smallest absolute Gasteiger partial charge is 0.164 e. The number of hydrogen-bond donors (Lipinski definition) is 0. The van der Waals surface area contributed by atoms with Gasteiger partial charge in [0.25, 0.3) is 0 Å². The molecule has 3 aromatic heterocycles. The Bertz CT molecular complexity index is 2490. The van der Waals surface area contributed by atoms with Crippen LogP contribution in [0, 0.1) is 0 Å². The molecule has 0 saturated carbocycles. The Morgan fingerprint density at radius 1 is 0.432 bits per heavy atom. The first-order valence-electron chi connectivity index (χ1n) is 14.6. The van der Waals surface area contributed by atoms with Crippen molar-refractivity contribution in [3.05, 3.63) is 146 Å². The van der Waals surface area contributed by atoms with Gasteiger partial charge < -0.3 is 4.57 Å². The maximum absolute atomic E-state index is 5.16. The zero-order chi connectivity index (χ0) is 29.0. The Morgan fingerprint density at radius 3 is 1.91 bits per heavy atom. The highest BCUT2D eigenvalue weighted by atomic mass is 32.1. The molecule has 0 unspecified atom stereocenters. The highest BCUT2D eigenvalue weighted by Crippen LogP contribution is 2.40. The number of fused-ring (bicyclic) bond motifs is 6. The maximum Gasteiger partial charge on any atom is 0.164 e. The molecular weight excluding hydrogens is 557 g/mol. The standard InChI is InChI=1S/C39H24N4S/c1-3-12-25(13-4-1)37-40-38(42-39(41-37)30-18-11-21-35-36(30)29-17-8-10-20-34(29)44-35)26-22-23-33-31(24-26)28-16-7-9-19-32(28)43(33)27-14-5-2-6-15-27/h1-24H. The van der Waals surface area contributed by atoms with Gasteiger partial charge in [-0.05, 0) is 48.5 Å². The van der Waals surface area contributed by atoms with Crippen molar-refractivity contribution < 1.29 is 0 Å². The van der Waals surface area contributed by atoms with E-state index >= 15 is 0 Å². The molecule has 0 radical (unpaired) electrons. The minimum Gasteiger partial charge on any atom is -0.309 e. The Morgan fingerprint density at radius 2 is 1.07 bits per heavy atom. The molecule has 6 aromatic carbocycles. The van der Waals surface area contributed by atoms with Gasteiger partial charge in [0.05, 0.1) is 11.0 Å². The van der Waals surface area contributed by atoms with Gasteiger partial charge in [0.2, 0.25) is 0 Å². The van der Waals surface area contributed by atoms with Crippen LogP contribution in [0.5, 0.6) is 0 Å². The summed E-state index contributed by atoms with van der Waals surface area (Å²) in [5.74, 6) is 1.99. The molecule has 0 aliphatic heterocycles. The van der Waals surface area contributed by atoms with Gasteiger partial charge in [0.15, 0.2) is 17.5 Å². The molecule has 0 aliphatic rings. The lowest BCUT2D eigenvalue weighted by Gasteiger charge is -2.10. The van der Waals surface area contributed by atoms with Crippen molar-refractivity contribution in [3.63, 3.8) is 0 Å². The van der Waals surface area contributed by atoms with E-state index in [0.717, 1.165) is 33.3 Å². The fourth-order valence-electron chi connectivity index (χ4n) is 6.27. The summed E-state index contributed by atoms with van der Waals surface area (Å²) in [6, 6.07) is 50.8. The van der Waals surface area contributed by atoms with Crippen LogP contribution in [0.15, 0.2) is 146 Å². The van der Waals surface area contributed by atoms with Crippen LogP contribution in [0.3, 0.4) is 0 Å². The Labute approximate surface area is 257 Å². The van der Waals surface area contributed by atoms with Gasteiger partial charge in [-0.25, -0.2) is 15.0 Å². The molecule has 9 rings (SSSR count). The largest absolute Gasteiger partial charge is 0.309 e. The lowest BCUT2D eigenvalue weighted by molar-refractivity contribution is 1.08. The molecule has 0 N–H and O–H groups in total. The number of para-hydroxylation sites is 2. The number of rotatable bonds is 4. The predicted octanol–water partition coefficient (Wildman–Crippen LogP) is 10.3. The molecule has 9 aromatic rings. The minimum absolute atomic E-state index is 0.656. The molecule has 0 spiro atoms. The van der Waals surface area contributed by atoms with Gasteiger partial charge in [-0.2, -0.15) is 0 Å². The average Bonchev–Trinajstić information content (AvgIpc) is 3.64. The number of benzene rings is 6. The summed E-state index contributed by atoms with van der Waals surface area (Å²) >= 11 is 1.80. The quantitative estimate of drug-likeness (QED) is 0.208. The van der Waals surface area contributed by atoms with Crippen LogP contribution in [-0.2, 0) is 0 Å². The van der Waals surface area contributed by atoms with Crippen molar-refractivity contribution in [2.75, 3.05) is 0 Å². The van der Waals surface area contributed by atoms with Crippen molar-refractivity contribution in [2.24, 2.45) is 0 Å². The fraction of sp³-hybridized carbons (Fsp3) is 0. The lowest BCUT2D eigenvalue weighted by Crippen LogP contribution is -2.00. The van der Waals surface area contributed by atoms with E-state index in [4.69, 9.17) is 15.0 Å². The molecule has 206 valence electrons. The van der Waals surface area contributed by atoms with Crippen molar-refractivity contribution in [1.29, 1.82) is 0 Å². The SMILES string of the molecule is c1ccc(-c2nc(-c3ccc4c(c3)c3ccccc3n4-c3ccccc3)nc(-c3cccc4sc5ccccc5c34)n2)cc1. The van der Waals surface area contributed by atoms with E-state index in [2.05, 4.69) is 132 Å². The summed E-state index contributed by atoms with van der Waals surface area (Å²) in [6.45, 7) is 0.